The zero-order valence-electron chi connectivity index (χ0n) is 56.0. The molecule has 0 radical (unpaired) electrons. The lowest BCUT2D eigenvalue weighted by atomic mass is 9.99. The number of aliphatic hydroxyl groups excluding tert-OH is 4. The smallest absolute Gasteiger partial charge is 0.249 e. The van der Waals surface area contributed by atoms with Crippen LogP contribution in [-0.2, 0) is 4.79 Å². The van der Waals surface area contributed by atoms with E-state index in [0.29, 0.717) is 12.8 Å². The Morgan fingerprint density at radius 3 is 0.707 bits per heavy atom. The summed E-state index contributed by atoms with van der Waals surface area (Å²) in [6.45, 7) is 4.12. The molecular formula is C76H151NO5. The van der Waals surface area contributed by atoms with Gasteiger partial charge in [-0.3, -0.25) is 4.79 Å². The van der Waals surface area contributed by atoms with Crippen LogP contribution in [0.15, 0.2) is 12.2 Å². The molecule has 0 bridgehead atoms. The molecule has 490 valence electrons. The van der Waals surface area contributed by atoms with E-state index in [1.165, 1.54) is 372 Å². The Morgan fingerprint density at radius 2 is 0.488 bits per heavy atom. The van der Waals surface area contributed by atoms with E-state index < -0.39 is 36.9 Å². The van der Waals surface area contributed by atoms with E-state index >= 15 is 0 Å². The van der Waals surface area contributed by atoms with Gasteiger partial charge >= 0.3 is 0 Å². The lowest BCUT2D eigenvalue weighted by molar-refractivity contribution is -0.132. The topological polar surface area (TPSA) is 110 Å². The minimum atomic E-state index is -1.26. The molecule has 0 aromatic rings. The summed E-state index contributed by atoms with van der Waals surface area (Å²) in [6.07, 6.45) is 89.4. The lowest BCUT2D eigenvalue weighted by Crippen LogP contribution is -2.53. The SMILES string of the molecule is CCCCCCCCCCCCCCCC/C=C\CCCCCCCCCCCCCCCCCCC(O)C(=O)NC(CO)C(O)C(O)CCCCCCCCCCCCCCCCCCCCCCCCCCCCCCCCCC. The van der Waals surface area contributed by atoms with Gasteiger partial charge in [0, 0.05) is 0 Å². The molecule has 5 N–H and O–H groups in total. The molecule has 0 rings (SSSR count). The van der Waals surface area contributed by atoms with Gasteiger partial charge < -0.3 is 25.7 Å². The van der Waals surface area contributed by atoms with Gasteiger partial charge in [-0.25, -0.2) is 0 Å². The van der Waals surface area contributed by atoms with Gasteiger partial charge in [0.2, 0.25) is 5.91 Å². The fraction of sp³-hybridized carbons (Fsp3) is 0.961. The average molecular weight is 1160 g/mol. The Labute approximate surface area is 514 Å². The molecule has 0 aliphatic heterocycles. The van der Waals surface area contributed by atoms with Crippen molar-refractivity contribution in [3.8, 4) is 0 Å². The molecule has 82 heavy (non-hydrogen) atoms. The van der Waals surface area contributed by atoms with Crippen LogP contribution in [0.5, 0.6) is 0 Å². The van der Waals surface area contributed by atoms with Crippen molar-refractivity contribution in [2.24, 2.45) is 0 Å². The van der Waals surface area contributed by atoms with E-state index in [2.05, 4.69) is 31.3 Å². The molecule has 6 nitrogen and oxygen atoms in total. The standard InChI is InChI=1S/C76H151NO5/c1-3-5-7-9-11-13-15-17-19-21-23-25-27-29-31-33-35-37-38-40-42-44-46-48-50-52-54-56-58-60-62-64-66-68-70-74(80)76(82)77-72(71-78)75(81)73(79)69-67-65-63-61-59-57-55-53-51-49-47-45-43-41-39-36-34-32-30-28-26-24-22-20-18-16-14-12-10-8-6-4-2/h33,35,72-75,78-81H,3-32,34,36-71H2,1-2H3,(H,77,82)/b35-33-. The largest absolute Gasteiger partial charge is 0.394 e. The number of nitrogens with one attached hydrogen (secondary N) is 1. The second-order valence-corrected chi connectivity index (χ2v) is 26.7. The number of carbonyl (C=O) groups excluding carboxylic acids is 1. The summed E-state index contributed by atoms with van der Waals surface area (Å²) in [6, 6.07) is -0.985. The van der Waals surface area contributed by atoms with E-state index in [1.54, 1.807) is 0 Å². The maximum atomic E-state index is 12.7. The Bertz CT molecular complexity index is 1210. The molecule has 0 aromatic carbocycles. The Hall–Kier alpha value is -0.950. The molecule has 0 aromatic heterocycles. The molecule has 6 heteroatoms. The molecule has 0 spiro atoms. The predicted molar refractivity (Wildman–Crippen MR) is 362 cm³/mol. The van der Waals surface area contributed by atoms with Crippen LogP contribution in [0.2, 0.25) is 0 Å². The zero-order valence-corrected chi connectivity index (χ0v) is 56.0. The van der Waals surface area contributed by atoms with Crippen LogP contribution in [0.4, 0.5) is 0 Å². The number of aliphatic hydroxyl groups is 4. The number of carbonyl (C=O) groups is 1. The third-order valence-corrected chi connectivity index (χ3v) is 18.5. The fourth-order valence-corrected chi connectivity index (χ4v) is 12.6. The molecule has 0 saturated heterocycles. The first-order chi connectivity index (χ1) is 40.5. The summed E-state index contributed by atoms with van der Waals surface area (Å²) in [7, 11) is 0. The summed E-state index contributed by atoms with van der Waals surface area (Å²) >= 11 is 0. The van der Waals surface area contributed by atoms with Crippen LogP contribution in [0.3, 0.4) is 0 Å². The highest BCUT2D eigenvalue weighted by Gasteiger charge is 2.29. The van der Waals surface area contributed by atoms with Crippen molar-refractivity contribution in [3.05, 3.63) is 12.2 Å². The number of rotatable bonds is 72. The van der Waals surface area contributed by atoms with E-state index in [9.17, 15) is 25.2 Å². The zero-order chi connectivity index (χ0) is 59.4. The van der Waals surface area contributed by atoms with Crippen molar-refractivity contribution in [2.45, 2.75) is 462 Å². The number of unbranched alkanes of at least 4 members (excludes halogenated alkanes) is 61. The minimum Gasteiger partial charge on any atom is -0.394 e. The van der Waals surface area contributed by atoms with E-state index in [-0.39, 0.29) is 0 Å². The monoisotopic (exact) mass is 1160 g/mol. The van der Waals surface area contributed by atoms with Crippen molar-refractivity contribution in [1.29, 1.82) is 0 Å². The average Bonchev–Trinajstić information content (AvgIpc) is 3.48. The van der Waals surface area contributed by atoms with E-state index in [1.807, 2.05) is 0 Å². The Balaban J connectivity index is 3.49. The second-order valence-electron chi connectivity index (χ2n) is 26.7. The number of amides is 1. The molecule has 0 aliphatic carbocycles. The molecular weight excluding hydrogens is 1010 g/mol. The van der Waals surface area contributed by atoms with Gasteiger partial charge in [-0.1, -0.05) is 411 Å². The molecule has 4 unspecified atom stereocenters. The van der Waals surface area contributed by atoms with Gasteiger partial charge in [-0.2, -0.15) is 0 Å². The molecule has 0 fully saturated rings. The quantitative estimate of drug-likeness (QED) is 0.0308. The van der Waals surface area contributed by atoms with E-state index in [0.717, 1.165) is 38.5 Å². The molecule has 1 amide bonds. The van der Waals surface area contributed by atoms with Crippen molar-refractivity contribution < 1.29 is 25.2 Å². The summed E-state index contributed by atoms with van der Waals surface area (Å²) < 4.78 is 0. The van der Waals surface area contributed by atoms with Gasteiger partial charge in [0.1, 0.15) is 12.2 Å². The highest BCUT2D eigenvalue weighted by molar-refractivity contribution is 5.80. The van der Waals surface area contributed by atoms with Crippen LogP contribution in [0.1, 0.15) is 438 Å². The van der Waals surface area contributed by atoms with Crippen molar-refractivity contribution in [3.63, 3.8) is 0 Å². The highest BCUT2D eigenvalue weighted by Crippen LogP contribution is 2.21. The van der Waals surface area contributed by atoms with E-state index in [4.69, 9.17) is 0 Å². The third-order valence-electron chi connectivity index (χ3n) is 18.5. The van der Waals surface area contributed by atoms with Gasteiger partial charge in [0.15, 0.2) is 0 Å². The fourth-order valence-electron chi connectivity index (χ4n) is 12.6. The maximum Gasteiger partial charge on any atom is 0.249 e. The molecule has 0 aliphatic rings. The molecule has 0 saturated carbocycles. The van der Waals surface area contributed by atoms with Crippen LogP contribution >= 0.6 is 0 Å². The summed E-state index contributed by atoms with van der Waals surface area (Å²) in [5.41, 5.74) is 0. The number of hydrogen-bond donors (Lipinski definition) is 5. The van der Waals surface area contributed by atoms with Gasteiger partial charge in [0.25, 0.3) is 0 Å². The summed E-state index contributed by atoms with van der Waals surface area (Å²) in [4.78, 5) is 12.7. The van der Waals surface area contributed by atoms with Gasteiger partial charge in [0.05, 0.1) is 18.8 Å². The van der Waals surface area contributed by atoms with Crippen LogP contribution in [-0.4, -0.2) is 57.3 Å². The summed E-state index contributed by atoms with van der Waals surface area (Å²) in [5.74, 6) is -0.574. The first kappa shape index (κ1) is 81.0. The molecule has 0 heterocycles. The van der Waals surface area contributed by atoms with Gasteiger partial charge in [-0.15, -0.1) is 0 Å². The number of hydrogen-bond acceptors (Lipinski definition) is 5. The molecule has 4 atom stereocenters. The third kappa shape index (κ3) is 63.5. The highest BCUT2D eigenvalue weighted by atomic mass is 16.3. The second kappa shape index (κ2) is 70.8. The van der Waals surface area contributed by atoms with Gasteiger partial charge in [-0.05, 0) is 38.5 Å². The Kier molecular flexibility index (Phi) is 70.0. The lowest BCUT2D eigenvalue weighted by Gasteiger charge is -2.27. The Morgan fingerprint density at radius 1 is 0.293 bits per heavy atom. The van der Waals surface area contributed by atoms with Crippen molar-refractivity contribution >= 4 is 5.91 Å². The van der Waals surface area contributed by atoms with Crippen LogP contribution in [0.25, 0.3) is 0 Å². The number of allylic oxidation sites excluding steroid dienone is 2. The summed E-state index contributed by atoms with van der Waals surface area (Å²) in [5, 5.41) is 44.3. The predicted octanol–water partition coefficient (Wildman–Crippen LogP) is 23.9. The minimum absolute atomic E-state index is 0.374. The normalized spacial score (nSPS) is 13.4. The maximum absolute atomic E-state index is 12.7. The van der Waals surface area contributed by atoms with Crippen LogP contribution in [0, 0.1) is 0 Å². The van der Waals surface area contributed by atoms with Crippen molar-refractivity contribution in [1.82, 2.24) is 5.32 Å². The first-order valence-corrected chi connectivity index (χ1v) is 38.1. The van der Waals surface area contributed by atoms with Crippen molar-refractivity contribution in [2.75, 3.05) is 6.61 Å². The van der Waals surface area contributed by atoms with Crippen LogP contribution < -0.4 is 5.32 Å². The first-order valence-electron chi connectivity index (χ1n) is 38.1.